The first-order chi connectivity index (χ1) is 8.06. The van der Waals surface area contributed by atoms with Crippen molar-refractivity contribution in [3.63, 3.8) is 0 Å². The van der Waals surface area contributed by atoms with Gasteiger partial charge < -0.3 is 5.32 Å². The maximum atomic E-state index is 11.8. The first-order valence-electron chi connectivity index (χ1n) is 6.63. The minimum Gasteiger partial charge on any atom is -0.305 e. The van der Waals surface area contributed by atoms with Gasteiger partial charge in [-0.3, -0.25) is 14.5 Å². The Morgan fingerprint density at radius 1 is 1.35 bits per heavy atom. The zero-order chi connectivity index (χ0) is 12.8. The Bertz CT molecular complexity index is 277. The SMILES string of the molecule is CCN1C(=O)CC(NCCCCC(C)C)C1=O. The van der Waals surface area contributed by atoms with E-state index in [1.807, 2.05) is 6.92 Å². The Balaban J connectivity index is 2.20. The Morgan fingerprint density at radius 2 is 2.06 bits per heavy atom. The molecule has 1 aliphatic rings. The summed E-state index contributed by atoms with van der Waals surface area (Å²) in [6.07, 6.45) is 3.80. The molecule has 98 valence electrons. The van der Waals surface area contributed by atoms with E-state index in [0.29, 0.717) is 13.0 Å². The highest BCUT2D eigenvalue weighted by Gasteiger charge is 2.36. The molecule has 0 aromatic heterocycles. The summed E-state index contributed by atoms with van der Waals surface area (Å²) in [6.45, 7) is 7.58. The quantitative estimate of drug-likeness (QED) is 0.542. The van der Waals surface area contributed by atoms with Crippen molar-refractivity contribution in [2.24, 2.45) is 5.92 Å². The fraction of sp³-hybridized carbons (Fsp3) is 0.846. The number of likely N-dealkylation sites (tertiary alicyclic amines) is 1. The third-order valence-electron chi connectivity index (χ3n) is 3.16. The highest BCUT2D eigenvalue weighted by atomic mass is 16.2. The van der Waals surface area contributed by atoms with Crippen molar-refractivity contribution in [1.82, 2.24) is 10.2 Å². The van der Waals surface area contributed by atoms with E-state index in [2.05, 4.69) is 19.2 Å². The zero-order valence-electron chi connectivity index (χ0n) is 11.2. The average Bonchev–Trinajstić information content (AvgIpc) is 2.53. The number of rotatable bonds is 7. The molecular weight excluding hydrogens is 216 g/mol. The number of carbonyl (C=O) groups is 2. The molecule has 0 spiro atoms. The predicted octanol–water partition coefficient (Wildman–Crippen LogP) is 1.55. The molecule has 1 N–H and O–H groups in total. The summed E-state index contributed by atoms with van der Waals surface area (Å²) >= 11 is 0. The fourth-order valence-electron chi connectivity index (χ4n) is 2.13. The summed E-state index contributed by atoms with van der Waals surface area (Å²) in [5, 5.41) is 3.19. The first-order valence-corrected chi connectivity index (χ1v) is 6.63. The van der Waals surface area contributed by atoms with E-state index in [-0.39, 0.29) is 17.9 Å². The monoisotopic (exact) mass is 240 g/mol. The van der Waals surface area contributed by atoms with Gasteiger partial charge in [-0.05, 0) is 25.8 Å². The van der Waals surface area contributed by atoms with Crippen molar-refractivity contribution in [1.29, 1.82) is 0 Å². The van der Waals surface area contributed by atoms with Crippen LogP contribution >= 0.6 is 0 Å². The van der Waals surface area contributed by atoms with Crippen molar-refractivity contribution in [3.8, 4) is 0 Å². The summed E-state index contributed by atoms with van der Waals surface area (Å²) in [7, 11) is 0. The third kappa shape index (κ3) is 4.11. The topological polar surface area (TPSA) is 49.4 Å². The van der Waals surface area contributed by atoms with Crippen LogP contribution in [0.2, 0.25) is 0 Å². The molecule has 0 aliphatic carbocycles. The van der Waals surface area contributed by atoms with E-state index < -0.39 is 0 Å². The number of carbonyl (C=O) groups excluding carboxylic acids is 2. The lowest BCUT2D eigenvalue weighted by molar-refractivity contribution is -0.138. The molecule has 17 heavy (non-hydrogen) atoms. The van der Waals surface area contributed by atoms with E-state index in [0.717, 1.165) is 18.9 Å². The number of nitrogens with one attached hydrogen (secondary N) is 1. The molecule has 0 bridgehead atoms. The van der Waals surface area contributed by atoms with E-state index in [4.69, 9.17) is 0 Å². The molecule has 1 atom stereocenters. The van der Waals surface area contributed by atoms with Gasteiger partial charge in [0.15, 0.2) is 0 Å². The van der Waals surface area contributed by atoms with Gasteiger partial charge in [0.05, 0.1) is 12.5 Å². The van der Waals surface area contributed by atoms with Crippen molar-refractivity contribution >= 4 is 11.8 Å². The van der Waals surface area contributed by atoms with E-state index in [9.17, 15) is 9.59 Å². The summed E-state index contributed by atoms with van der Waals surface area (Å²) in [5.74, 6) is 0.638. The van der Waals surface area contributed by atoms with Crippen LogP contribution in [-0.2, 0) is 9.59 Å². The van der Waals surface area contributed by atoms with E-state index in [1.165, 1.54) is 17.7 Å². The Labute approximate surface area is 104 Å². The van der Waals surface area contributed by atoms with Gasteiger partial charge in [-0.25, -0.2) is 0 Å². The Kier molecular flexibility index (Phi) is 5.62. The van der Waals surface area contributed by atoms with Gasteiger partial charge in [-0.1, -0.05) is 26.7 Å². The molecule has 1 unspecified atom stereocenters. The molecular formula is C13H24N2O2. The van der Waals surface area contributed by atoms with Crippen molar-refractivity contribution in [3.05, 3.63) is 0 Å². The van der Waals surface area contributed by atoms with Crippen LogP contribution < -0.4 is 5.32 Å². The Hall–Kier alpha value is -0.900. The standard InChI is InChI=1S/C13H24N2O2/c1-4-15-12(16)9-11(13(15)17)14-8-6-5-7-10(2)3/h10-11,14H,4-9H2,1-3H3. The molecule has 4 nitrogen and oxygen atoms in total. The van der Waals surface area contributed by atoms with Crippen LogP contribution in [0.5, 0.6) is 0 Å². The minimum atomic E-state index is -0.276. The largest absolute Gasteiger partial charge is 0.305 e. The van der Waals surface area contributed by atoms with Gasteiger partial charge >= 0.3 is 0 Å². The highest BCUT2D eigenvalue weighted by molar-refractivity contribution is 6.05. The number of likely N-dealkylation sites (N-methyl/N-ethyl adjacent to an activating group) is 1. The lowest BCUT2D eigenvalue weighted by Crippen LogP contribution is -2.39. The highest BCUT2D eigenvalue weighted by Crippen LogP contribution is 2.12. The van der Waals surface area contributed by atoms with Crippen LogP contribution in [-0.4, -0.2) is 35.8 Å². The van der Waals surface area contributed by atoms with Gasteiger partial charge in [-0.2, -0.15) is 0 Å². The lowest BCUT2D eigenvalue weighted by Gasteiger charge is -2.13. The third-order valence-corrected chi connectivity index (χ3v) is 3.16. The second kappa shape index (κ2) is 6.74. The number of hydrogen-bond acceptors (Lipinski definition) is 3. The molecule has 4 heteroatoms. The number of unbranched alkanes of at least 4 members (excludes halogenated alkanes) is 1. The summed E-state index contributed by atoms with van der Waals surface area (Å²) in [4.78, 5) is 24.6. The number of hydrogen-bond donors (Lipinski definition) is 1. The molecule has 0 aromatic rings. The smallest absolute Gasteiger partial charge is 0.246 e. The molecule has 1 heterocycles. The zero-order valence-corrected chi connectivity index (χ0v) is 11.2. The van der Waals surface area contributed by atoms with E-state index >= 15 is 0 Å². The lowest BCUT2D eigenvalue weighted by atomic mass is 10.1. The van der Waals surface area contributed by atoms with Gasteiger partial charge in [0.25, 0.3) is 0 Å². The minimum absolute atomic E-state index is 0.0443. The van der Waals surface area contributed by atoms with Crippen LogP contribution in [0.1, 0.15) is 46.5 Å². The maximum absolute atomic E-state index is 11.8. The number of imide groups is 1. The fourth-order valence-corrected chi connectivity index (χ4v) is 2.13. The van der Waals surface area contributed by atoms with Gasteiger partial charge in [0.2, 0.25) is 11.8 Å². The summed E-state index contributed by atoms with van der Waals surface area (Å²) < 4.78 is 0. The van der Waals surface area contributed by atoms with Crippen LogP contribution in [0, 0.1) is 5.92 Å². The second-order valence-electron chi connectivity index (χ2n) is 5.08. The van der Waals surface area contributed by atoms with Crippen LogP contribution in [0.3, 0.4) is 0 Å². The van der Waals surface area contributed by atoms with Crippen molar-refractivity contribution in [2.45, 2.75) is 52.5 Å². The van der Waals surface area contributed by atoms with Gasteiger partial charge in [0.1, 0.15) is 0 Å². The van der Waals surface area contributed by atoms with E-state index in [1.54, 1.807) is 0 Å². The number of nitrogens with zero attached hydrogens (tertiary/aromatic N) is 1. The number of amides is 2. The summed E-state index contributed by atoms with van der Waals surface area (Å²) in [5.41, 5.74) is 0. The molecule has 2 amide bonds. The summed E-state index contributed by atoms with van der Waals surface area (Å²) in [6, 6.07) is -0.276. The molecule has 0 saturated carbocycles. The molecule has 0 aromatic carbocycles. The average molecular weight is 240 g/mol. The van der Waals surface area contributed by atoms with Gasteiger partial charge in [0, 0.05) is 6.54 Å². The van der Waals surface area contributed by atoms with Crippen LogP contribution in [0.15, 0.2) is 0 Å². The first kappa shape index (κ1) is 14.2. The molecule has 1 saturated heterocycles. The maximum Gasteiger partial charge on any atom is 0.246 e. The second-order valence-corrected chi connectivity index (χ2v) is 5.08. The van der Waals surface area contributed by atoms with Gasteiger partial charge in [-0.15, -0.1) is 0 Å². The van der Waals surface area contributed by atoms with Crippen molar-refractivity contribution in [2.75, 3.05) is 13.1 Å². The van der Waals surface area contributed by atoms with Crippen molar-refractivity contribution < 1.29 is 9.59 Å². The predicted molar refractivity (Wildman–Crippen MR) is 67.5 cm³/mol. The normalized spacial score (nSPS) is 20.7. The Morgan fingerprint density at radius 3 is 2.59 bits per heavy atom. The van der Waals surface area contributed by atoms with Crippen LogP contribution in [0.25, 0.3) is 0 Å². The molecule has 0 radical (unpaired) electrons. The van der Waals surface area contributed by atoms with Crippen LogP contribution in [0.4, 0.5) is 0 Å². The molecule has 1 rings (SSSR count). The molecule has 1 fully saturated rings. The molecule has 1 aliphatic heterocycles.